The van der Waals surface area contributed by atoms with Gasteiger partial charge < -0.3 is 9.88 Å². The first-order chi connectivity index (χ1) is 10.2. The number of nitro groups is 1. The van der Waals surface area contributed by atoms with Crippen LogP contribution >= 0.6 is 0 Å². The van der Waals surface area contributed by atoms with Crippen LogP contribution in [0.1, 0.15) is 36.6 Å². The third-order valence-electron chi connectivity index (χ3n) is 3.81. The van der Waals surface area contributed by atoms with Crippen molar-refractivity contribution in [3.05, 3.63) is 51.6 Å². The van der Waals surface area contributed by atoms with Crippen molar-refractivity contribution in [2.24, 2.45) is 0 Å². The van der Waals surface area contributed by atoms with Gasteiger partial charge in [-0.05, 0) is 13.3 Å². The number of fused-ring (bicyclic) bond motifs is 1. The molecule has 1 aromatic heterocycles. The Morgan fingerprint density at radius 1 is 1.43 bits per heavy atom. The molecule has 2 aromatic rings. The molecule has 110 valence electrons. The van der Waals surface area contributed by atoms with E-state index in [9.17, 15) is 10.1 Å². The van der Waals surface area contributed by atoms with E-state index in [1.807, 2.05) is 13.0 Å². The number of benzene rings is 1. The number of aryl methyl sites for hydroxylation is 1. The van der Waals surface area contributed by atoms with E-state index in [1.54, 1.807) is 12.1 Å². The van der Waals surface area contributed by atoms with E-state index in [2.05, 4.69) is 20.1 Å². The maximum absolute atomic E-state index is 11.0. The average Bonchev–Trinajstić information content (AvgIpc) is 3.07. The van der Waals surface area contributed by atoms with Gasteiger partial charge in [0.15, 0.2) is 0 Å². The first kappa shape index (κ1) is 13.7. The molecule has 0 saturated carbocycles. The zero-order valence-electron chi connectivity index (χ0n) is 11.8. The lowest BCUT2D eigenvalue weighted by Crippen LogP contribution is -2.22. The van der Waals surface area contributed by atoms with E-state index in [4.69, 9.17) is 0 Å². The van der Waals surface area contributed by atoms with Gasteiger partial charge in [0.05, 0.1) is 11.0 Å². The summed E-state index contributed by atoms with van der Waals surface area (Å²) in [7, 11) is 0. The van der Waals surface area contributed by atoms with Gasteiger partial charge in [-0.25, -0.2) is 0 Å². The maximum atomic E-state index is 11.0. The fourth-order valence-electron chi connectivity index (χ4n) is 2.69. The second kappa shape index (κ2) is 5.61. The fraction of sp³-hybridized carbons (Fsp3) is 0.429. The maximum Gasteiger partial charge on any atom is 0.273 e. The van der Waals surface area contributed by atoms with E-state index in [0.29, 0.717) is 12.1 Å². The number of nitro benzene ring substituents is 1. The minimum atomic E-state index is -0.351. The second-order valence-electron chi connectivity index (χ2n) is 5.22. The first-order valence-electron chi connectivity index (χ1n) is 7.04. The van der Waals surface area contributed by atoms with E-state index in [-0.39, 0.29) is 16.7 Å². The van der Waals surface area contributed by atoms with Crippen molar-refractivity contribution in [1.29, 1.82) is 0 Å². The van der Waals surface area contributed by atoms with Crippen LogP contribution in [0.5, 0.6) is 0 Å². The second-order valence-corrected chi connectivity index (χ2v) is 5.22. The van der Waals surface area contributed by atoms with Gasteiger partial charge in [-0.2, -0.15) is 0 Å². The molecule has 1 atom stereocenters. The van der Waals surface area contributed by atoms with Crippen LogP contribution in [0.25, 0.3) is 0 Å². The third-order valence-corrected chi connectivity index (χ3v) is 3.81. The van der Waals surface area contributed by atoms with Crippen molar-refractivity contribution in [2.45, 2.75) is 38.9 Å². The predicted molar refractivity (Wildman–Crippen MR) is 76.7 cm³/mol. The van der Waals surface area contributed by atoms with Crippen LogP contribution in [-0.4, -0.2) is 19.7 Å². The summed E-state index contributed by atoms with van der Waals surface area (Å²) in [5, 5.41) is 22.7. The van der Waals surface area contributed by atoms with E-state index in [0.717, 1.165) is 31.0 Å². The first-order valence-corrected chi connectivity index (χ1v) is 7.04. The Morgan fingerprint density at radius 3 is 3.05 bits per heavy atom. The lowest BCUT2D eigenvalue weighted by Gasteiger charge is -2.13. The van der Waals surface area contributed by atoms with Gasteiger partial charge in [-0.15, -0.1) is 10.2 Å². The summed E-state index contributed by atoms with van der Waals surface area (Å²) >= 11 is 0. The van der Waals surface area contributed by atoms with Crippen LogP contribution in [0.3, 0.4) is 0 Å². The van der Waals surface area contributed by atoms with Crippen LogP contribution in [0.2, 0.25) is 0 Å². The molecule has 7 heteroatoms. The van der Waals surface area contributed by atoms with Gasteiger partial charge in [-0.1, -0.05) is 18.2 Å². The van der Waals surface area contributed by atoms with E-state index < -0.39 is 0 Å². The molecule has 0 amide bonds. The molecule has 0 spiro atoms. The minimum Gasteiger partial charge on any atom is -0.314 e. The zero-order valence-corrected chi connectivity index (χ0v) is 11.8. The topological polar surface area (TPSA) is 85.9 Å². The largest absolute Gasteiger partial charge is 0.314 e. The van der Waals surface area contributed by atoms with Crippen LogP contribution in [0.4, 0.5) is 5.69 Å². The normalized spacial score (nSPS) is 14.9. The number of rotatable bonds is 5. The summed E-state index contributed by atoms with van der Waals surface area (Å²) in [5.74, 6) is 1.94. The quantitative estimate of drug-likeness (QED) is 0.671. The van der Waals surface area contributed by atoms with Crippen LogP contribution in [-0.2, 0) is 19.5 Å². The Morgan fingerprint density at radius 2 is 2.24 bits per heavy atom. The highest BCUT2D eigenvalue weighted by molar-refractivity contribution is 5.39. The Hall–Kier alpha value is -2.28. The highest BCUT2D eigenvalue weighted by atomic mass is 16.6. The number of para-hydroxylation sites is 1. The summed E-state index contributed by atoms with van der Waals surface area (Å²) in [4.78, 5) is 10.6. The van der Waals surface area contributed by atoms with E-state index >= 15 is 0 Å². The molecule has 1 aliphatic heterocycles. The van der Waals surface area contributed by atoms with Crippen LogP contribution in [0.15, 0.2) is 24.3 Å². The molecule has 7 nitrogen and oxygen atoms in total. The molecule has 1 aromatic carbocycles. The van der Waals surface area contributed by atoms with Gasteiger partial charge in [0, 0.05) is 31.1 Å². The molecule has 2 heterocycles. The highest BCUT2D eigenvalue weighted by Gasteiger charge is 2.21. The molecule has 0 radical (unpaired) electrons. The van der Waals surface area contributed by atoms with Crippen molar-refractivity contribution < 1.29 is 4.92 Å². The number of aromatic nitrogens is 3. The predicted octanol–water partition coefficient (Wildman–Crippen LogP) is 1.98. The molecule has 0 fully saturated rings. The van der Waals surface area contributed by atoms with Crippen LogP contribution < -0.4 is 5.32 Å². The molecule has 1 aliphatic rings. The van der Waals surface area contributed by atoms with Gasteiger partial charge in [0.1, 0.15) is 11.6 Å². The third kappa shape index (κ3) is 2.64. The number of hydrogen-bond acceptors (Lipinski definition) is 5. The van der Waals surface area contributed by atoms with E-state index in [1.165, 1.54) is 6.07 Å². The number of nitrogens with zero attached hydrogens (tertiary/aromatic N) is 4. The number of nitrogens with one attached hydrogen (secondary N) is 1. The lowest BCUT2D eigenvalue weighted by molar-refractivity contribution is -0.385. The summed E-state index contributed by atoms with van der Waals surface area (Å²) < 4.78 is 2.14. The standard InChI is InChI=1S/C14H17N5O2/c1-10(14-17-16-13-7-4-8-18(13)14)15-9-11-5-2-3-6-12(11)19(20)21/h2-3,5-6,10,15H,4,7-9H2,1H3. The zero-order chi connectivity index (χ0) is 14.8. The van der Waals surface area contributed by atoms with Crippen molar-refractivity contribution in [1.82, 2.24) is 20.1 Å². The number of hydrogen-bond donors (Lipinski definition) is 1. The monoisotopic (exact) mass is 287 g/mol. The van der Waals surface area contributed by atoms with Gasteiger partial charge >= 0.3 is 0 Å². The Kier molecular flexibility index (Phi) is 3.66. The average molecular weight is 287 g/mol. The summed E-state index contributed by atoms with van der Waals surface area (Å²) in [6.45, 7) is 3.39. The summed E-state index contributed by atoms with van der Waals surface area (Å²) in [5.41, 5.74) is 0.819. The summed E-state index contributed by atoms with van der Waals surface area (Å²) in [6, 6.07) is 6.78. The van der Waals surface area contributed by atoms with Crippen molar-refractivity contribution >= 4 is 5.69 Å². The van der Waals surface area contributed by atoms with Gasteiger partial charge in [0.2, 0.25) is 0 Å². The van der Waals surface area contributed by atoms with Crippen molar-refractivity contribution in [3.8, 4) is 0 Å². The lowest BCUT2D eigenvalue weighted by atomic mass is 10.1. The summed E-state index contributed by atoms with van der Waals surface area (Å²) in [6.07, 6.45) is 2.08. The molecular formula is C14H17N5O2. The van der Waals surface area contributed by atoms with Crippen molar-refractivity contribution in [2.75, 3.05) is 0 Å². The van der Waals surface area contributed by atoms with Gasteiger partial charge in [0.25, 0.3) is 5.69 Å². The Labute approximate surface area is 122 Å². The Balaban J connectivity index is 1.71. The Bertz CT molecular complexity index is 667. The van der Waals surface area contributed by atoms with Gasteiger partial charge in [-0.3, -0.25) is 10.1 Å². The fourth-order valence-corrected chi connectivity index (χ4v) is 2.69. The molecule has 1 unspecified atom stereocenters. The SMILES string of the molecule is CC(NCc1ccccc1[N+](=O)[O-])c1nnc2n1CCC2. The molecule has 21 heavy (non-hydrogen) atoms. The smallest absolute Gasteiger partial charge is 0.273 e. The molecule has 0 aliphatic carbocycles. The molecule has 3 rings (SSSR count). The molecule has 0 saturated heterocycles. The highest BCUT2D eigenvalue weighted by Crippen LogP contribution is 2.21. The van der Waals surface area contributed by atoms with Crippen molar-refractivity contribution in [3.63, 3.8) is 0 Å². The molecular weight excluding hydrogens is 270 g/mol. The molecule has 0 bridgehead atoms. The van der Waals surface area contributed by atoms with Crippen LogP contribution in [0, 0.1) is 10.1 Å². The molecule has 1 N–H and O–H groups in total. The minimum absolute atomic E-state index is 0.00385.